The minimum atomic E-state index is 0.545. The van der Waals surface area contributed by atoms with Crippen molar-refractivity contribution in [3.8, 4) is 0 Å². The van der Waals surface area contributed by atoms with Crippen molar-refractivity contribution >= 4 is 22.8 Å². The first-order valence-corrected chi connectivity index (χ1v) is 3.37. The summed E-state index contributed by atoms with van der Waals surface area (Å²) < 4.78 is 0. The molecule has 0 bridgehead atoms. The van der Waals surface area contributed by atoms with Crippen LogP contribution in [0.5, 0.6) is 0 Å². The van der Waals surface area contributed by atoms with Gasteiger partial charge in [0.05, 0.1) is 4.86 Å². The van der Waals surface area contributed by atoms with Crippen LogP contribution < -0.4 is 0 Å². The lowest BCUT2D eigenvalue weighted by atomic mass is 10.2. The SMILES string of the molecule is C/C=C\C(=S)C(=N)CC. The fourth-order valence-corrected chi connectivity index (χ4v) is 0.707. The summed E-state index contributed by atoms with van der Waals surface area (Å²) in [5.74, 6) is 0. The lowest BCUT2D eigenvalue weighted by molar-refractivity contribution is 1.27. The highest BCUT2D eigenvalue weighted by atomic mass is 32.1. The first kappa shape index (κ1) is 8.50. The first-order valence-electron chi connectivity index (χ1n) is 2.96. The van der Waals surface area contributed by atoms with Gasteiger partial charge in [0.1, 0.15) is 0 Å². The van der Waals surface area contributed by atoms with Crippen molar-refractivity contribution < 1.29 is 0 Å². The number of hydrogen-bond acceptors (Lipinski definition) is 2. The normalized spacial score (nSPS) is 10.0. The van der Waals surface area contributed by atoms with Crippen LogP contribution in [0.1, 0.15) is 20.3 Å². The molecule has 0 aromatic heterocycles. The van der Waals surface area contributed by atoms with Crippen molar-refractivity contribution in [1.82, 2.24) is 0 Å². The summed E-state index contributed by atoms with van der Waals surface area (Å²) in [7, 11) is 0. The molecule has 0 aliphatic heterocycles. The molecule has 0 amide bonds. The Bertz CT molecular complexity index is 147. The van der Waals surface area contributed by atoms with E-state index < -0.39 is 0 Å². The highest BCUT2D eigenvalue weighted by Gasteiger charge is 1.94. The Labute approximate surface area is 61.3 Å². The van der Waals surface area contributed by atoms with E-state index in [1.165, 1.54) is 0 Å². The van der Waals surface area contributed by atoms with Gasteiger partial charge in [-0.05, 0) is 19.4 Å². The topological polar surface area (TPSA) is 23.9 Å². The van der Waals surface area contributed by atoms with Crippen molar-refractivity contribution in [2.45, 2.75) is 20.3 Å². The molecular weight excluding hydrogens is 130 g/mol. The van der Waals surface area contributed by atoms with Crippen LogP contribution in [0.2, 0.25) is 0 Å². The fourth-order valence-electron chi connectivity index (χ4n) is 0.426. The second kappa shape index (κ2) is 4.39. The minimum absolute atomic E-state index is 0.545. The monoisotopic (exact) mass is 141 g/mol. The zero-order valence-corrected chi connectivity index (χ0v) is 6.59. The van der Waals surface area contributed by atoms with Gasteiger partial charge in [-0.2, -0.15) is 0 Å². The fraction of sp³-hybridized carbons (Fsp3) is 0.429. The zero-order chi connectivity index (χ0) is 7.28. The molecule has 0 unspecified atom stereocenters. The Balaban J connectivity index is 3.89. The molecule has 0 aromatic rings. The smallest absolute Gasteiger partial charge is 0.0581 e. The lowest BCUT2D eigenvalue weighted by Crippen LogP contribution is -2.04. The van der Waals surface area contributed by atoms with Gasteiger partial charge in [-0.1, -0.05) is 25.2 Å². The second-order valence-corrected chi connectivity index (χ2v) is 2.14. The predicted molar refractivity (Wildman–Crippen MR) is 45.4 cm³/mol. The van der Waals surface area contributed by atoms with Gasteiger partial charge in [-0.3, -0.25) is 0 Å². The minimum Gasteiger partial charge on any atom is -0.304 e. The molecule has 0 radical (unpaired) electrons. The molecule has 0 aromatic carbocycles. The molecule has 0 saturated heterocycles. The quantitative estimate of drug-likeness (QED) is 0.364. The van der Waals surface area contributed by atoms with Crippen molar-refractivity contribution in [3.63, 3.8) is 0 Å². The van der Waals surface area contributed by atoms with Gasteiger partial charge < -0.3 is 5.41 Å². The summed E-state index contributed by atoms with van der Waals surface area (Å²) in [4.78, 5) is 0.653. The molecule has 9 heavy (non-hydrogen) atoms. The lowest BCUT2D eigenvalue weighted by Gasteiger charge is -1.93. The van der Waals surface area contributed by atoms with E-state index >= 15 is 0 Å². The van der Waals surface area contributed by atoms with E-state index in [4.69, 9.17) is 17.6 Å². The number of thiocarbonyl (C=S) groups is 1. The molecular formula is C7H11NS. The van der Waals surface area contributed by atoms with Crippen LogP contribution in [0.4, 0.5) is 0 Å². The molecule has 0 aliphatic carbocycles. The third kappa shape index (κ3) is 3.14. The van der Waals surface area contributed by atoms with E-state index in [0.717, 1.165) is 6.42 Å². The standard InChI is InChI=1S/C7H11NS/c1-3-5-7(9)6(8)4-2/h3,5,8H,4H2,1-2H3/b5-3-,8-6?. The number of nitrogens with one attached hydrogen (secondary N) is 1. The Morgan fingerprint density at radius 1 is 1.67 bits per heavy atom. The summed E-state index contributed by atoms with van der Waals surface area (Å²) in [6.45, 7) is 3.83. The maximum Gasteiger partial charge on any atom is 0.0581 e. The van der Waals surface area contributed by atoms with Crippen LogP contribution in [0.3, 0.4) is 0 Å². The molecule has 2 heteroatoms. The van der Waals surface area contributed by atoms with Crippen molar-refractivity contribution in [2.75, 3.05) is 0 Å². The van der Waals surface area contributed by atoms with E-state index in [-0.39, 0.29) is 0 Å². The van der Waals surface area contributed by atoms with Gasteiger partial charge in [0, 0.05) is 5.71 Å². The van der Waals surface area contributed by atoms with Gasteiger partial charge in [-0.15, -0.1) is 0 Å². The van der Waals surface area contributed by atoms with Gasteiger partial charge in [0.25, 0.3) is 0 Å². The molecule has 0 saturated carbocycles. The predicted octanol–water partition coefficient (Wildman–Crippen LogP) is 2.36. The Morgan fingerprint density at radius 3 is 2.56 bits per heavy atom. The maximum atomic E-state index is 7.25. The third-order valence-corrected chi connectivity index (χ3v) is 1.35. The van der Waals surface area contributed by atoms with Crippen LogP contribution in [0, 0.1) is 5.41 Å². The van der Waals surface area contributed by atoms with E-state index in [2.05, 4.69) is 0 Å². The van der Waals surface area contributed by atoms with Crippen molar-refractivity contribution in [3.05, 3.63) is 12.2 Å². The van der Waals surface area contributed by atoms with Crippen LogP contribution in [-0.2, 0) is 0 Å². The van der Waals surface area contributed by atoms with E-state index in [9.17, 15) is 0 Å². The third-order valence-electron chi connectivity index (χ3n) is 0.969. The zero-order valence-electron chi connectivity index (χ0n) is 5.77. The summed E-state index contributed by atoms with van der Waals surface area (Å²) in [6.07, 6.45) is 4.36. The molecule has 1 nitrogen and oxygen atoms in total. The number of allylic oxidation sites excluding steroid dienone is 2. The molecule has 0 aliphatic rings. The highest BCUT2D eigenvalue weighted by Crippen LogP contribution is 1.89. The maximum absolute atomic E-state index is 7.25. The van der Waals surface area contributed by atoms with Gasteiger partial charge in [0.2, 0.25) is 0 Å². The summed E-state index contributed by atoms with van der Waals surface area (Å²) in [5.41, 5.74) is 0.545. The molecule has 0 spiro atoms. The Morgan fingerprint density at radius 2 is 2.22 bits per heavy atom. The highest BCUT2D eigenvalue weighted by molar-refractivity contribution is 7.82. The number of rotatable bonds is 3. The van der Waals surface area contributed by atoms with Crippen molar-refractivity contribution in [1.29, 1.82) is 5.41 Å². The number of hydrogen-bond donors (Lipinski definition) is 1. The van der Waals surface area contributed by atoms with E-state index in [1.54, 1.807) is 6.08 Å². The first-order chi connectivity index (χ1) is 4.22. The second-order valence-electron chi connectivity index (χ2n) is 1.70. The van der Waals surface area contributed by atoms with Crippen molar-refractivity contribution in [2.24, 2.45) is 0 Å². The Kier molecular flexibility index (Phi) is 4.14. The van der Waals surface area contributed by atoms with Crippen LogP contribution >= 0.6 is 12.2 Å². The molecule has 1 N–H and O–H groups in total. The molecule has 0 rings (SSSR count). The van der Waals surface area contributed by atoms with Gasteiger partial charge >= 0.3 is 0 Å². The van der Waals surface area contributed by atoms with Crippen LogP contribution in [-0.4, -0.2) is 10.6 Å². The summed E-state index contributed by atoms with van der Waals surface area (Å²) in [5, 5.41) is 7.25. The molecule has 0 atom stereocenters. The van der Waals surface area contributed by atoms with Gasteiger partial charge in [0.15, 0.2) is 0 Å². The molecule has 0 fully saturated rings. The van der Waals surface area contributed by atoms with Gasteiger partial charge in [-0.25, -0.2) is 0 Å². The van der Waals surface area contributed by atoms with Crippen LogP contribution in [0.15, 0.2) is 12.2 Å². The van der Waals surface area contributed by atoms with Crippen LogP contribution in [0.25, 0.3) is 0 Å². The molecule has 50 valence electrons. The largest absolute Gasteiger partial charge is 0.304 e. The van der Waals surface area contributed by atoms with E-state index in [0.29, 0.717) is 10.6 Å². The summed E-state index contributed by atoms with van der Waals surface area (Å²) >= 11 is 4.86. The molecule has 0 heterocycles. The Hall–Kier alpha value is -0.500. The average Bonchev–Trinajstić information content (AvgIpc) is 1.87. The van der Waals surface area contributed by atoms with E-state index in [1.807, 2.05) is 19.9 Å². The average molecular weight is 141 g/mol. The summed E-state index contributed by atoms with van der Waals surface area (Å²) in [6, 6.07) is 0.